The summed E-state index contributed by atoms with van der Waals surface area (Å²) in [5.74, 6) is 2.00. The molecule has 0 atom stereocenters. The molecule has 94 valence electrons. The second-order valence-electron chi connectivity index (χ2n) is 5.89. The van der Waals surface area contributed by atoms with Crippen LogP contribution < -0.4 is 5.32 Å². The number of hydrogen-bond donors (Lipinski definition) is 1. The summed E-state index contributed by atoms with van der Waals surface area (Å²) in [6.07, 6.45) is 10.1. The van der Waals surface area contributed by atoms with Crippen LogP contribution in [0.15, 0.2) is 0 Å². The van der Waals surface area contributed by atoms with E-state index in [-0.39, 0.29) is 0 Å². The molecule has 2 nitrogen and oxygen atoms in total. The lowest BCUT2D eigenvalue weighted by molar-refractivity contribution is 0.241. The molecule has 0 aromatic carbocycles. The van der Waals surface area contributed by atoms with Gasteiger partial charge in [0, 0.05) is 6.54 Å². The fourth-order valence-corrected chi connectivity index (χ4v) is 3.30. The quantitative estimate of drug-likeness (QED) is 0.772. The van der Waals surface area contributed by atoms with E-state index >= 15 is 0 Å². The zero-order valence-electron chi connectivity index (χ0n) is 10.9. The van der Waals surface area contributed by atoms with Gasteiger partial charge >= 0.3 is 0 Å². The van der Waals surface area contributed by atoms with Crippen LogP contribution in [0.25, 0.3) is 0 Å². The van der Waals surface area contributed by atoms with Crippen molar-refractivity contribution in [3.8, 4) is 0 Å². The van der Waals surface area contributed by atoms with Gasteiger partial charge in [-0.25, -0.2) is 0 Å². The van der Waals surface area contributed by atoms with Crippen LogP contribution >= 0.6 is 0 Å². The summed E-state index contributed by atoms with van der Waals surface area (Å²) in [6.45, 7) is 5.17. The van der Waals surface area contributed by atoms with Crippen LogP contribution in [0.1, 0.15) is 44.9 Å². The molecule has 16 heavy (non-hydrogen) atoms. The summed E-state index contributed by atoms with van der Waals surface area (Å²) in [4.78, 5) is 2.58. The molecule has 0 unspecified atom stereocenters. The first kappa shape index (κ1) is 12.4. The van der Waals surface area contributed by atoms with E-state index in [1.165, 1.54) is 71.1 Å². The first-order chi connectivity index (χ1) is 7.84. The van der Waals surface area contributed by atoms with Crippen molar-refractivity contribution in [2.45, 2.75) is 44.9 Å². The molecule has 0 aromatic rings. The molecule has 0 bridgehead atoms. The van der Waals surface area contributed by atoms with Crippen molar-refractivity contribution in [3.05, 3.63) is 0 Å². The van der Waals surface area contributed by atoms with Gasteiger partial charge in [0.25, 0.3) is 0 Å². The van der Waals surface area contributed by atoms with Crippen molar-refractivity contribution in [3.63, 3.8) is 0 Å². The lowest BCUT2D eigenvalue weighted by Crippen LogP contribution is -2.31. The van der Waals surface area contributed by atoms with Gasteiger partial charge in [0.15, 0.2) is 0 Å². The third kappa shape index (κ3) is 4.06. The Kier molecular flexibility index (Phi) is 5.11. The second-order valence-corrected chi connectivity index (χ2v) is 5.89. The Balaban J connectivity index is 1.57. The number of rotatable bonds is 5. The van der Waals surface area contributed by atoms with Gasteiger partial charge in [-0.2, -0.15) is 0 Å². The average Bonchev–Trinajstić information content (AvgIpc) is 2.81. The fraction of sp³-hybridized carbons (Fsp3) is 1.00. The average molecular weight is 224 g/mol. The van der Waals surface area contributed by atoms with E-state index in [1.54, 1.807) is 0 Å². The van der Waals surface area contributed by atoms with Crippen molar-refractivity contribution in [1.29, 1.82) is 0 Å². The van der Waals surface area contributed by atoms with Crippen LogP contribution in [0.2, 0.25) is 0 Å². The molecule has 0 aromatic heterocycles. The Labute approximate surface area is 101 Å². The molecule has 1 saturated carbocycles. The van der Waals surface area contributed by atoms with Crippen LogP contribution in [0.4, 0.5) is 0 Å². The SMILES string of the molecule is CN(CCC1CCNCC1)CC1CCCC1. The highest BCUT2D eigenvalue weighted by molar-refractivity contribution is 4.73. The van der Waals surface area contributed by atoms with E-state index < -0.39 is 0 Å². The second kappa shape index (κ2) is 6.61. The molecule has 1 saturated heterocycles. The minimum atomic E-state index is 0.993. The van der Waals surface area contributed by atoms with Crippen molar-refractivity contribution >= 4 is 0 Å². The normalized spacial score (nSPS) is 24.4. The molecular formula is C14H28N2. The van der Waals surface area contributed by atoms with Crippen LogP contribution in [0.5, 0.6) is 0 Å². The van der Waals surface area contributed by atoms with Gasteiger partial charge in [0.2, 0.25) is 0 Å². The minimum absolute atomic E-state index is 0.993. The number of nitrogens with one attached hydrogen (secondary N) is 1. The molecular weight excluding hydrogens is 196 g/mol. The minimum Gasteiger partial charge on any atom is -0.317 e. The lowest BCUT2D eigenvalue weighted by Gasteiger charge is -2.26. The zero-order valence-corrected chi connectivity index (χ0v) is 10.9. The van der Waals surface area contributed by atoms with Gasteiger partial charge in [-0.05, 0) is 70.6 Å². The highest BCUT2D eigenvalue weighted by Crippen LogP contribution is 2.25. The Hall–Kier alpha value is -0.0800. The van der Waals surface area contributed by atoms with Gasteiger partial charge in [-0.3, -0.25) is 0 Å². The van der Waals surface area contributed by atoms with Crippen LogP contribution in [0.3, 0.4) is 0 Å². The van der Waals surface area contributed by atoms with Gasteiger partial charge in [0.05, 0.1) is 0 Å². The predicted octanol–water partition coefficient (Wildman–Crippen LogP) is 2.50. The molecule has 0 spiro atoms. The maximum Gasteiger partial charge on any atom is 0.000661 e. The number of piperidine rings is 1. The first-order valence-electron chi connectivity index (χ1n) is 7.24. The largest absolute Gasteiger partial charge is 0.317 e. The van der Waals surface area contributed by atoms with Gasteiger partial charge in [0.1, 0.15) is 0 Å². The molecule has 1 aliphatic carbocycles. The zero-order chi connectivity index (χ0) is 11.2. The summed E-state index contributed by atoms with van der Waals surface area (Å²) in [7, 11) is 2.32. The summed E-state index contributed by atoms with van der Waals surface area (Å²) >= 11 is 0. The van der Waals surface area contributed by atoms with E-state index in [1.807, 2.05) is 0 Å². The fourth-order valence-electron chi connectivity index (χ4n) is 3.30. The van der Waals surface area contributed by atoms with Crippen molar-refractivity contribution in [1.82, 2.24) is 10.2 Å². The first-order valence-corrected chi connectivity index (χ1v) is 7.24. The molecule has 1 N–H and O–H groups in total. The highest BCUT2D eigenvalue weighted by atomic mass is 15.1. The number of hydrogen-bond acceptors (Lipinski definition) is 2. The molecule has 2 fully saturated rings. The lowest BCUT2D eigenvalue weighted by atomic mass is 9.94. The number of nitrogens with zero attached hydrogens (tertiary/aromatic N) is 1. The summed E-state index contributed by atoms with van der Waals surface area (Å²) in [5.41, 5.74) is 0. The highest BCUT2D eigenvalue weighted by Gasteiger charge is 2.18. The van der Waals surface area contributed by atoms with E-state index in [0.717, 1.165) is 11.8 Å². The van der Waals surface area contributed by atoms with E-state index in [4.69, 9.17) is 0 Å². The van der Waals surface area contributed by atoms with Crippen molar-refractivity contribution in [2.75, 3.05) is 33.2 Å². The molecule has 2 rings (SSSR count). The van der Waals surface area contributed by atoms with E-state index in [0.29, 0.717) is 0 Å². The Bertz CT molecular complexity index is 181. The predicted molar refractivity (Wildman–Crippen MR) is 69.7 cm³/mol. The van der Waals surface area contributed by atoms with E-state index in [2.05, 4.69) is 17.3 Å². The van der Waals surface area contributed by atoms with Gasteiger partial charge in [-0.15, -0.1) is 0 Å². The Morgan fingerprint density at radius 2 is 1.69 bits per heavy atom. The van der Waals surface area contributed by atoms with E-state index in [9.17, 15) is 0 Å². The van der Waals surface area contributed by atoms with Crippen molar-refractivity contribution < 1.29 is 0 Å². The smallest absolute Gasteiger partial charge is 0.000661 e. The van der Waals surface area contributed by atoms with Crippen LogP contribution in [0, 0.1) is 11.8 Å². The van der Waals surface area contributed by atoms with Crippen molar-refractivity contribution in [2.24, 2.45) is 11.8 Å². The molecule has 0 amide bonds. The summed E-state index contributed by atoms with van der Waals surface area (Å²) in [6, 6.07) is 0. The Morgan fingerprint density at radius 3 is 2.38 bits per heavy atom. The molecule has 1 aliphatic heterocycles. The monoisotopic (exact) mass is 224 g/mol. The maximum absolute atomic E-state index is 3.45. The maximum atomic E-state index is 3.45. The van der Waals surface area contributed by atoms with Gasteiger partial charge in [-0.1, -0.05) is 12.8 Å². The summed E-state index contributed by atoms with van der Waals surface area (Å²) in [5, 5.41) is 3.45. The summed E-state index contributed by atoms with van der Waals surface area (Å²) < 4.78 is 0. The standard InChI is InChI=1S/C14H28N2/c1-16(12-14-4-2-3-5-14)11-8-13-6-9-15-10-7-13/h13-15H,2-12H2,1H3. The van der Waals surface area contributed by atoms with Gasteiger partial charge < -0.3 is 10.2 Å². The van der Waals surface area contributed by atoms with Crippen LogP contribution in [-0.4, -0.2) is 38.1 Å². The molecule has 1 heterocycles. The topological polar surface area (TPSA) is 15.3 Å². The molecule has 0 radical (unpaired) electrons. The molecule has 2 heteroatoms. The van der Waals surface area contributed by atoms with Crippen LogP contribution in [-0.2, 0) is 0 Å². The molecule has 2 aliphatic rings. The Morgan fingerprint density at radius 1 is 1.00 bits per heavy atom. The third-order valence-electron chi connectivity index (χ3n) is 4.42. The third-order valence-corrected chi connectivity index (χ3v) is 4.42.